The van der Waals surface area contributed by atoms with E-state index in [1.165, 1.54) is 24.2 Å². The summed E-state index contributed by atoms with van der Waals surface area (Å²) in [6, 6.07) is 0. The van der Waals surface area contributed by atoms with Gasteiger partial charge in [0.2, 0.25) is 0 Å². The molecule has 1 N–H and O–H groups in total. The summed E-state index contributed by atoms with van der Waals surface area (Å²) < 4.78 is 5.05. The lowest BCUT2D eigenvalue weighted by atomic mass is 9.74. The van der Waals surface area contributed by atoms with E-state index in [-0.39, 0.29) is 6.61 Å². The first-order chi connectivity index (χ1) is 10.0. The third-order valence-electron chi connectivity index (χ3n) is 4.76. The average molecular weight is 312 g/mol. The molecular weight excluding hydrogens is 288 g/mol. The van der Waals surface area contributed by atoms with E-state index < -0.39 is 5.97 Å². The maximum Gasteiger partial charge on any atom is 0.347 e. The van der Waals surface area contributed by atoms with Gasteiger partial charge in [-0.25, -0.2) is 9.78 Å². The maximum atomic E-state index is 11.3. The number of methoxy groups -OCH3 is 1. The highest BCUT2D eigenvalue weighted by Gasteiger charge is 2.32. The largest absolute Gasteiger partial charge is 0.477 e. The van der Waals surface area contributed by atoms with Crippen LogP contribution >= 0.6 is 11.3 Å². The standard InChI is InChI=1S/C15H24N2O3S/c1-4-15(5-2)6-8-17(9-7-15)14-16-11(10-20-3)12(21-14)13(18)19/h4-10H2,1-3H3,(H,18,19). The van der Waals surface area contributed by atoms with Gasteiger partial charge in [-0.05, 0) is 18.3 Å². The van der Waals surface area contributed by atoms with Crippen LogP contribution in [0.5, 0.6) is 0 Å². The molecule has 1 aromatic rings. The van der Waals surface area contributed by atoms with E-state index in [1.54, 1.807) is 7.11 Å². The SMILES string of the molecule is CCC1(CC)CCN(c2nc(COC)c(C(=O)O)s2)CC1. The summed E-state index contributed by atoms with van der Waals surface area (Å²) in [5, 5.41) is 10.1. The van der Waals surface area contributed by atoms with Gasteiger partial charge in [-0.1, -0.05) is 38.0 Å². The molecule has 118 valence electrons. The Morgan fingerprint density at radius 3 is 2.48 bits per heavy atom. The third-order valence-corrected chi connectivity index (χ3v) is 5.90. The number of anilines is 1. The lowest BCUT2D eigenvalue weighted by Gasteiger charge is -2.40. The Labute approximate surface area is 129 Å². The van der Waals surface area contributed by atoms with E-state index in [2.05, 4.69) is 23.7 Å². The topological polar surface area (TPSA) is 62.7 Å². The fraction of sp³-hybridized carbons (Fsp3) is 0.733. The van der Waals surface area contributed by atoms with Crippen molar-refractivity contribution in [3.05, 3.63) is 10.6 Å². The zero-order valence-electron chi connectivity index (χ0n) is 13.0. The van der Waals surface area contributed by atoms with Gasteiger partial charge in [-0.3, -0.25) is 0 Å². The molecule has 1 aliphatic rings. The van der Waals surface area contributed by atoms with Gasteiger partial charge in [0.1, 0.15) is 4.88 Å². The van der Waals surface area contributed by atoms with E-state index in [0.717, 1.165) is 31.1 Å². The number of hydrogen-bond acceptors (Lipinski definition) is 5. The molecule has 1 aliphatic heterocycles. The molecule has 21 heavy (non-hydrogen) atoms. The minimum atomic E-state index is -0.917. The summed E-state index contributed by atoms with van der Waals surface area (Å²) in [5.41, 5.74) is 0.992. The highest BCUT2D eigenvalue weighted by molar-refractivity contribution is 7.17. The highest BCUT2D eigenvalue weighted by atomic mass is 32.1. The van der Waals surface area contributed by atoms with Gasteiger partial charge in [0.05, 0.1) is 12.3 Å². The first-order valence-electron chi connectivity index (χ1n) is 7.52. The fourth-order valence-corrected chi connectivity index (χ4v) is 3.97. The van der Waals surface area contributed by atoms with Gasteiger partial charge in [0.15, 0.2) is 5.13 Å². The van der Waals surface area contributed by atoms with Gasteiger partial charge in [-0.15, -0.1) is 0 Å². The molecule has 0 unspecified atom stereocenters. The van der Waals surface area contributed by atoms with E-state index in [1.807, 2.05) is 0 Å². The summed E-state index contributed by atoms with van der Waals surface area (Å²) in [7, 11) is 1.56. The normalized spacial score (nSPS) is 18.0. The van der Waals surface area contributed by atoms with Crippen molar-refractivity contribution < 1.29 is 14.6 Å². The van der Waals surface area contributed by atoms with Gasteiger partial charge in [0, 0.05) is 20.2 Å². The van der Waals surface area contributed by atoms with E-state index in [4.69, 9.17) is 4.74 Å². The second-order valence-electron chi connectivity index (χ2n) is 5.70. The molecule has 0 aliphatic carbocycles. The second-order valence-corrected chi connectivity index (χ2v) is 6.68. The van der Waals surface area contributed by atoms with E-state index in [9.17, 15) is 9.90 Å². The van der Waals surface area contributed by atoms with Crippen molar-refractivity contribution in [3.63, 3.8) is 0 Å². The average Bonchev–Trinajstić information content (AvgIpc) is 2.92. The van der Waals surface area contributed by atoms with Crippen molar-refractivity contribution in [2.24, 2.45) is 5.41 Å². The molecule has 0 atom stereocenters. The van der Waals surface area contributed by atoms with Gasteiger partial charge < -0.3 is 14.7 Å². The van der Waals surface area contributed by atoms with E-state index in [0.29, 0.717) is 16.0 Å². The number of carbonyl (C=O) groups is 1. The number of thiazole rings is 1. The number of hydrogen-bond donors (Lipinski definition) is 1. The molecule has 5 nitrogen and oxygen atoms in total. The molecule has 0 bridgehead atoms. The Morgan fingerprint density at radius 2 is 2.00 bits per heavy atom. The Balaban J connectivity index is 2.13. The van der Waals surface area contributed by atoms with Crippen molar-refractivity contribution in [1.82, 2.24) is 4.98 Å². The van der Waals surface area contributed by atoms with Crippen LogP contribution in [0.3, 0.4) is 0 Å². The molecule has 1 fully saturated rings. The van der Waals surface area contributed by atoms with Crippen LogP contribution in [-0.2, 0) is 11.3 Å². The molecule has 1 aromatic heterocycles. The second kappa shape index (κ2) is 6.75. The van der Waals surface area contributed by atoms with Crippen LogP contribution in [0.15, 0.2) is 0 Å². The molecule has 2 heterocycles. The molecule has 0 amide bonds. The molecule has 0 radical (unpaired) electrons. The first-order valence-corrected chi connectivity index (χ1v) is 8.33. The first kappa shape index (κ1) is 16.2. The van der Waals surface area contributed by atoms with Gasteiger partial charge >= 0.3 is 5.97 Å². The Kier molecular flexibility index (Phi) is 5.22. The Bertz CT molecular complexity index is 487. The molecule has 0 spiro atoms. The van der Waals surface area contributed by atoms with Crippen molar-refractivity contribution >= 4 is 22.4 Å². The number of rotatable bonds is 6. The smallest absolute Gasteiger partial charge is 0.347 e. The Morgan fingerprint density at radius 1 is 1.38 bits per heavy atom. The summed E-state index contributed by atoms with van der Waals surface area (Å²) in [6.07, 6.45) is 4.73. The molecule has 0 aromatic carbocycles. The number of piperidine rings is 1. The van der Waals surface area contributed by atoms with Crippen LogP contribution < -0.4 is 4.90 Å². The molecular formula is C15H24N2O3S. The van der Waals surface area contributed by atoms with Crippen LogP contribution in [0.25, 0.3) is 0 Å². The summed E-state index contributed by atoms with van der Waals surface area (Å²) in [6.45, 7) is 6.70. The monoisotopic (exact) mass is 312 g/mol. The van der Waals surface area contributed by atoms with Crippen molar-refractivity contribution in [2.75, 3.05) is 25.1 Å². The van der Waals surface area contributed by atoms with Crippen molar-refractivity contribution in [2.45, 2.75) is 46.1 Å². The number of aromatic carboxylic acids is 1. The Hall–Kier alpha value is -1.14. The molecule has 6 heteroatoms. The number of ether oxygens (including phenoxy) is 1. The van der Waals surface area contributed by atoms with Gasteiger partial charge in [-0.2, -0.15) is 0 Å². The number of carboxylic acids is 1. The third kappa shape index (κ3) is 3.37. The molecule has 0 saturated carbocycles. The highest BCUT2D eigenvalue weighted by Crippen LogP contribution is 2.40. The predicted octanol–water partition coefficient (Wildman–Crippen LogP) is 3.39. The minimum Gasteiger partial charge on any atom is -0.477 e. The van der Waals surface area contributed by atoms with Crippen LogP contribution in [0.4, 0.5) is 5.13 Å². The lowest BCUT2D eigenvalue weighted by molar-refractivity contribution is 0.0697. The number of aromatic nitrogens is 1. The minimum absolute atomic E-state index is 0.250. The van der Waals surface area contributed by atoms with Gasteiger partial charge in [0.25, 0.3) is 0 Å². The number of nitrogens with zero attached hydrogens (tertiary/aromatic N) is 2. The zero-order chi connectivity index (χ0) is 15.5. The lowest BCUT2D eigenvalue weighted by Crippen LogP contribution is -2.39. The maximum absolute atomic E-state index is 11.3. The van der Waals surface area contributed by atoms with Crippen molar-refractivity contribution in [1.29, 1.82) is 0 Å². The van der Waals surface area contributed by atoms with Crippen LogP contribution in [0.2, 0.25) is 0 Å². The number of carboxylic acid groups (broad SMARTS) is 1. The molecule has 2 rings (SSSR count). The van der Waals surface area contributed by atoms with E-state index >= 15 is 0 Å². The summed E-state index contributed by atoms with van der Waals surface area (Å²) in [4.78, 5) is 18.3. The summed E-state index contributed by atoms with van der Waals surface area (Å²) in [5.74, 6) is -0.917. The zero-order valence-corrected chi connectivity index (χ0v) is 13.8. The van der Waals surface area contributed by atoms with Crippen LogP contribution in [0.1, 0.15) is 54.9 Å². The van der Waals surface area contributed by atoms with Crippen LogP contribution in [0, 0.1) is 5.41 Å². The fourth-order valence-electron chi connectivity index (χ4n) is 3.01. The van der Waals surface area contributed by atoms with Crippen molar-refractivity contribution in [3.8, 4) is 0 Å². The quantitative estimate of drug-likeness (QED) is 0.872. The predicted molar refractivity (Wildman–Crippen MR) is 84.2 cm³/mol. The summed E-state index contributed by atoms with van der Waals surface area (Å²) >= 11 is 1.26. The molecule has 1 saturated heterocycles. The van der Waals surface area contributed by atoms with Crippen LogP contribution in [-0.4, -0.2) is 36.3 Å².